The Morgan fingerprint density at radius 1 is 0.417 bits per heavy atom. The number of hydrogen-bond acceptors (Lipinski definition) is 1. The number of fused-ring (bicyclic) bond motifs is 7. The summed E-state index contributed by atoms with van der Waals surface area (Å²) in [6, 6.07) is 63.1. The van der Waals surface area contributed by atoms with Crippen LogP contribution in [-0.4, -0.2) is 4.57 Å². The summed E-state index contributed by atoms with van der Waals surface area (Å²) in [5, 5.41) is 2.57. The molecule has 0 atom stereocenters. The van der Waals surface area contributed by atoms with Gasteiger partial charge in [-0.1, -0.05) is 147 Å². The average Bonchev–Trinajstić information content (AvgIpc) is 3.48. The van der Waals surface area contributed by atoms with E-state index >= 15 is 0 Å². The zero-order valence-electron chi connectivity index (χ0n) is 27.1. The molecule has 0 N–H and O–H groups in total. The first kappa shape index (κ1) is 27.3. The number of rotatable bonds is 3. The van der Waals surface area contributed by atoms with Crippen LogP contribution in [0.3, 0.4) is 0 Å². The maximum Gasteiger partial charge on any atom is 0.0743 e. The van der Waals surface area contributed by atoms with Gasteiger partial charge in [0.25, 0.3) is 0 Å². The van der Waals surface area contributed by atoms with E-state index in [0.717, 1.165) is 5.69 Å². The minimum atomic E-state index is -0.550. The smallest absolute Gasteiger partial charge is 0.0743 e. The molecule has 48 heavy (non-hydrogen) atoms. The van der Waals surface area contributed by atoms with Gasteiger partial charge in [-0.2, -0.15) is 0 Å². The maximum atomic E-state index is 2.52. The highest BCUT2D eigenvalue weighted by atomic mass is 15.2. The van der Waals surface area contributed by atoms with Gasteiger partial charge in [0.05, 0.1) is 33.5 Å². The zero-order valence-corrected chi connectivity index (χ0v) is 27.1. The van der Waals surface area contributed by atoms with Gasteiger partial charge in [-0.15, -0.1) is 0 Å². The molecule has 3 heterocycles. The molecule has 0 radical (unpaired) electrons. The molecule has 0 saturated heterocycles. The Labute approximate surface area is 281 Å². The van der Waals surface area contributed by atoms with Crippen LogP contribution in [0.5, 0.6) is 0 Å². The minimum absolute atomic E-state index is 0.121. The molecule has 0 amide bonds. The minimum Gasteiger partial charge on any atom is -0.310 e. The molecule has 0 fully saturated rings. The SMILES string of the molecule is CC1(C)c2ccccc2N(c2ccc3c(c2)C(c2ccccc2)(c2ccccc2)c2cccc4c5ccccc5n-3c24)c2ccccc21. The second-order valence-electron chi connectivity index (χ2n) is 13.7. The molecule has 0 bridgehead atoms. The van der Waals surface area contributed by atoms with Crippen LogP contribution in [0.1, 0.15) is 47.2 Å². The molecular weight excluding hydrogens is 581 g/mol. The highest BCUT2D eigenvalue weighted by Gasteiger charge is 2.46. The fourth-order valence-corrected chi connectivity index (χ4v) is 8.99. The summed E-state index contributed by atoms with van der Waals surface area (Å²) < 4.78 is 2.52. The topological polar surface area (TPSA) is 8.17 Å². The summed E-state index contributed by atoms with van der Waals surface area (Å²) in [4.78, 5) is 2.49. The van der Waals surface area contributed by atoms with E-state index in [9.17, 15) is 0 Å². The van der Waals surface area contributed by atoms with E-state index in [0.29, 0.717) is 0 Å². The molecule has 0 unspecified atom stereocenters. The Kier molecular flexibility index (Phi) is 5.58. The molecule has 0 spiro atoms. The molecule has 1 aromatic heterocycles. The maximum absolute atomic E-state index is 2.52. The van der Waals surface area contributed by atoms with Crippen LogP contribution >= 0.6 is 0 Å². The molecule has 2 aliphatic heterocycles. The number of nitrogens with zero attached hydrogens (tertiary/aromatic N) is 2. The fraction of sp³-hybridized carbons (Fsp3) is 0.0870. The van der Waals surface area contributed by atoms with Crippen molar-refractivity contribution in [3.63, 3.8) is 0 Å². The number of benzene rings is 7. The van der Waals surface area contributed by atoms with Crippen molar-refractivity contribution in [1.29, 1.82) is 0 Å². The van der Waals surface area contributed by atoms with Gasteiger partial charge in [-0.25, -0.2) is 0 Å². The Balaban J connectivity index is 1.37. The molecule has 8 aromatic rings. The molecular formula is C46H34N2. The first-order valence-electron chi connectivity index (χ1n) is 16.9. The number of anilines is 3. The van der Waals surface area contributed by atoms with Gasteiger partial charge in [0.2, 0.25) is 0 Å². The lowest BCUT2D eigenvalue weighted by atomic mass is 9.63. The van der Waals surface area contributed by atoms with Gasteiger partial charge < -0.3 is 9.47 Å². The standard InChI is InChI=1S/C46H34N2/c1-45(2)36-22-10-13-26-41(36)47(42-27-14-11-23-37(42)45)33-28-29-43-39(30-33)46(31-16-5-3-6-17-31,32-18-7-4-8-19-32)38-24-15-21-35-34-20-9-12-25-40(34)48(43)44(35)38/h3-30H,1-2H3. The second-order valence-corrected chi connectivity index (χ2v) is 13.7. The second kappa shape index (κ2) is 9.82. The lowest BCUT2D eigenvalue weighted by Gasteiger charge is -2.44. The molecule has 2 nitrogen and oxygen atoms in total. The summed E-state index contributed by atoms with van der Waals surface area (Å²) in [5.74, 6) is 0. The number of hydrogen-bond donors (Lipinski definition) is 0. The normalized spacial score (nSPS) is 15.2. The fourth-order valence-electron chi connectivity index (χ4n) is 8.99. The summed E-state index contributed by atoms with van der Waals surface area (Å²) in [5.41, 5.74) is 14.5. The van der Waals surface area contributed by atoms with Gasteiger partial charge in [0.15, 0.2) is 0 Å². The average molecular weight is 615 g/mol. The van der Waals surface area contributed by atoms with Crippen LogP contribution in [0.4, 0.5) is 17.1 Å². The zero-order chi connectivity index (χ0) is 32.0. The summed E-state index contributed by atoms with van der Waals surface area (Å²) >= 11 is 0. The van der Waals surface area contributed by atoms with Crippen molar-refractivity contribution in [3.05, 3.63) is 203 Å². The molecule has 2 aliphatic rings. The van der Waals surface area contributed by atoms with Crippen LogP contribution in [-0.2, 0) is 10.8 Å². The van der Waals surface area contributed by atoms with E-state index in [2.05, 4.69) is 193 Å². The van der Waals surface area contributed by atoms with E-state index < -0.39 is 5.41 Å². The molecule has 228 valence electrons. The van der Waals surface area contributed by atoms with E-state index in [-0.39, 0.29) is 5.41 Å². The van der Waals surface area contributed by atoms with Gasteiger partial charge in [0.1, 0.15) is 0 Å². The highest BCUT2D eigenvalue weighted by Crippen LogP contribution is 2.57. The van der Waals surface area contributed by atoms with Crippen molar-refractivity contribution in [2.45, 2.75) is 24.7 Å². The van der Waals surface area contributed by atoms with Crippen LogP contribution in [0.15, 0.2) is 170 Å². The third-order valence-corrected chi connectivity index (χ3v) is 11.0. The van der Waals surface area contributed by atoms with Crippen LogP contribution in [0, 0.1) is 0 Å². The van der Waals surface area contributed by atoms with Crippen LogP contribution in [0.2, 0.25) is 0 Å². The van der Waals surface area contributed by atoms with Crippen molar-refractivity contribution in [2.75, 3.05) is 4.90 Å². The largest absolute Gasteiger partial charge is 0.310 e. The lowest BCUT2D eigenvalue weighted by molar-refractivity contribution is 0.632. The Morgan fingerprint density at radius 2 is 0.958 bits per heavy atom. The highest BCUT2D eigenvalue weighted by molar-refractivity contribution is 6.12. The van der Waals surface area contributed by atoms with Crippen molar-refractivity contribution < 1.29 is 0 Å². The lowest BCUT2D eigenvalue weighted by Crippen LogP contribution is -2.36. The molecule has 0 aliphatic carbocycles. The Bertz CT molecular complexity index is 2450. The summed E-state index contributed by atoms with van der Waals surface area (Å²) in [6.45, 7) is 4.70. The predicted octanol–water partition coefficient (Wildman–Crippen LogP) is 11.6. The Morgan fingerprint density at radius 3 is 1.62 bits per heavy atom. The van der Waals surface area contributed by atoms with Gasteiger partial charge in [0, 0.05) is 21.9 Å². The number of para-hydroxylation sites is 4. The molecule has 10 rings (SSSR count). The van der Waals surface area contributed by atoms with Gasteiger partial charge >= 0.3 is 0 Å². The Hall–Kier alpha value is -5.86. The first-order chi connectivity index (χ1) is 23.6. The molecule has 0 saturated carbocycles. The van der Waals surface area contributed by atoms with E-state index in [1.54, 1.807) is 0 Å². The third-order valence-electron chi connectivity index (χ3n) is 11.0. The van der Waals surface area contributed by atoms with E-state index in [1.807, 2.05) is 0 Å². The number of aromatic nitrogens is 1. The molecule has 7 aromatic carbocycles. The van der Waals surface area contributed by atoms with Crippen molar-refractivity contribution in [3.8, 4) is 5.69 Å². The monoisotopic (exact) mass is 614 g/mol. The van der Waals surface area contributed by atoms with Crippen molar-refractivity contribution in [1.82, 2.24) is 4.57 Å². The predicted molar refractivity (Wildman–Crippen MR) is 199 cm³/mol. The quantitative estimate of drug-likeness (QED) is 0.192. The van der Waals surface area contributed by atoms with Crippen molar-refractivity contribution >= 4 is 38.9 Å². The van der Waals surface area contributed by atoms with Crippen molar-refractivity contribution in [2.24, 2.45) is 0 Å². The van der Waals surface area contributed by atoms with Gasteiger partial charge in [-0.05, 0) is 69.8 Å². The third kappa shape index (κ3) is 3.42. The van der Waals surface area contributed by atoms with Crippen LogP contribution < -0.4 is 4.90 Å². The first-order valence-corrected chi connectivity index (χ1v) is 16.9. The van der Waals surface area contributed by atoms with E-state index in [4.69, 9.17) is 0 Å². The summed E-state index contributed by atoms with van der Waals surface area (Å²) in [6.07, 6.45) is 0. The molecule has 2 heteroatoms. The van der Waals surface area contributed by atoms with Crippen LogP contribution in [0.25, 0.3) is 27.5 Å². The summed E-state index contributed by atoms with van der Waals surface area (Å²) in [7, 11) is 0. The van der Waals surface area contributed by atoms with E-state index in [1.165, 1.54) is 72.2 Å². The van der Waals surface area contributed by atoms with Gasteiger partial charge in [-0.3, -0.25) is 0 Å².